The normalized spacial score (nSPS) is 24.3. The molecule has 0 aliphatic carbocycles. The second kappa shape index (κ2) is 5.38. The van der Waals surface area contributed by atoms with Crippen LogP contribution in [-0.4, -0.2) is 16.7 Å². The smallest absolute Gasteiger partial charge is 0.247 e. The van der Waals surface area contributed by atoms with Gasteiger partial charge in [-0.05, 0) is 5.56 Å². The number of nitrogens with zero attached hydrogens (tertiary/aromatic N) is 3. The van der Waals surface area contributed by atoms with E-state index < -0.39 is 29.1 Å². The molecule has 1 fully saturated rings. The number of rotatable bonds is 2. The minimum Gasteiger partial charge on any atom is -0.276 e. The molecule has 2 rings (SSSR count). The van der Waals surface area contributed by atoms with Crippen molar-refractivity contribution in [2.45, 2.75) is 20.4 Å². The summed E-state index contributed by atoms with van der Waals surface area (Å²) in [6.45, 7) is 3.32. The summed E-state index contributed by atoms with van der Waals surface area (Å²) in [7, 11) is 0. The number of piperidine rings is 1. The number of benzene rings is 1. The molecule has 0 spiro atoms. The molecule has 2 amide bonds. The number of imide groups is 1. The number of carbonyl (C=O) groups excluding carboxylic acids is 2. The van der Waals surface area contributed by atoms with E-state index in [0.29, 0.717) is 0 Å². The van der Waals surface area contributed by atoms with Crippen LogP contribution < -0.4 is 0 Å². The average Bonchev–Trinajstić information content (AvgIpc) is 2.45. The van der Waals surface area contributed by atoms with E-state index in [1.54, 1.807) is 26.0 Å². The molecule has 106 valence electrons. The van der Waals surface area contributed by atoms with E-state index in [9.17, 15) is 20.1 Å². The zero-order valence-corrected chi connectivity index (χ0v) is 11.9. The molecule has 21 heavy (non-hydrogen) atoms. The van der Waals surface area contributed by atoms with Gasteiger partial charge in [-0.3, -0.25) is 14.5 Å². The first-order valence-electron chi connectivity index (χ1n) is 6.62. The zero-order valence-electron chi connectivity index (χ0n) is 11.9. The molecule has 0 saturated carbocycles. The number of hydrogen-bond acceptors (Lipinski definition) is 4. The SMILES string of the molecule is CC1(C)C(C#N)C(=O)N(Cc2ccccc2)C(=O)C1C#N. The van der Waals surface area contributed by atoms with Gasteiger partial charge in [-0.1, -0.05) is 44.2 Å². The van der Waals surface area contributed by atoms with E-state index >= 15 is 0 Å². The first-order valence-corrected chi connectivity index (χ1v) is 6.62. The van der Waals surface area contributed by atoms with Crippen LogP contribution in [0.4, 0.5) is 0 Å². The van der Waals surface area contributed by atoms with Crippen molar-refractivity contribution in [1.29, 1.82) is 10.5 Å². The van der Waals surface area contributed by atoms with Crippen LogP contribution in [0.1, 0.15) is 19.4 Å². The summed E-state index contributed by atoms with van der Waals surface area (Å²) in [5.41, 5.74) is -0.197. The Morgan fingerprint density at radius 2 is 1.52 bits per heavy atom. The second-order valence-electron chi connectivity index (χ2n) is 5.69. The predicted octanol–water partition coefficient (Wildman–Crippen LogP) is 1.86. The Morgan fingerprint density at radius 1 is 1.05 bits per heavy atom. The molecule has 0 aromatic heterocycles. The highest BCUT2D eigenvalue weighted by atomic mass is 16.2. The van der Waals surface area contributed by atoms with Crippen molar-refractivity contribution in [2.24, 2.45) is 17.3 Å². The molecule has 5 heteroatoms. The summed E-state index contributed by atoms with van der Waals surface area (Å²) >= 11 is 0. The monoisotopic (exact) mass is 281 g/mol. The van der Waals surface area contributed by atoms with Gasteiger partial charge < -0.3 is 0 Å². The standard InChI is InChI=1S/C16H15N3O2/c1-16(2)12(8-17)14(20)19(15(21)13(16)9-18)10-11-6-4-3-5-7-11/h3-7,12-13H,10H2,1-2H3. The Kier molecular flexibility index (Phi) is 3.78. The van der Waals surface area contributed by atoms with Gasteiger partial charge in [0.05, 0.1) is 18.7 Å². The van der Waals surface area contributed by atoms with Crippen LogP contribution >= 0.6 is 0 Å². The molecule has 2 unspecified atom stereocenters. The highest BCUT2D eigenvalue weighted by Crippen LogP contribution is 2.41. The number of likely N-dealkylation sites (tertiary alicyclic amines) is 1. The van der Waals surface area contributed by atoms with Gasteiger partial charge in [-0.15, -0.1) is 0 Å². The van der Waals surface area contributed by atoms with E-state index in [4.69, 9.17) is 0 Å². The molecule has 0 bridgehead atoms. The third-order valence-corrected chi connectivity index (χ3v) is 3.96. The molecule has 1 aromatic rings. The summed E-state index contributed by atoms with van der Waals surface area (Å²) < 4.78 is 0. The highest BCUT2D eigenvalue weighted by Gasteiger charge is 2.54. The third kappa shape index (κ3) is 2.39. The first kappa shape index (κ1) is 14.7. The predicted molar refractivity (Wildman–Crippen MR) is 74.0 cm³/mol. The fourth-order valence-electron chi connectivity index (χ4n) is 2.59. The lowest BCUT2D eigenvalue weighted by atomic mass is 9.66. The van der Waals surface area contributed by atoms with E-state index in [1.807, 2.05) is 30.3 Å². The summed E-state index contributed by atoms with van der Waals surface area (Å²) in [4.78, 5) is 25.9. The van der Waals surface area contributed by atoms with Gasteiger partial charge in [0.15, 0.2) is 0 Å². The largest absolute Gasteiger partial charge is 0.276 e. The lowest BCUT2D eigenvalue weighted by Gasteiger charge is -2.41. The van der Waals surface area contributed by atoms with Crippen molar-refractivity contribution in [2.75, 3.05) is 0 Å². The molecular weight excluding hydrogens is 266 g/mol. The molecule has 2 atom stereocenters. The Morgan fingerprint density at radius 3 is 1.95 bits per heavy atom. The lowest BCUT2D eigenvalue weighted by molar-refractivity contribution is -0.160. The Hall–Kier alpha value is -2.66. The van der Waals surface area contributed by atoms with Crippen LogP contribution in [0.25, 0.3) is 0 Å². The molecule has 1 aliphatic rings. The number of amides is 2. The van der Waals surface area contributed by atoms with Gasteiger partial charge in [-0.25, -0.2) is 0 Å². The maximum atomic E-state index is 12.4. The van der Waals surface area contributed by atoms with Crippen molar-refractivity contribution in [3.05, 3.63) is 35.9 Å². The van der Waals surface area contributed by atoms with E-state index in [-0.39, 0.29) is 6.54 Å². The fraction of sp³-hybridized carbons (Fsp3) is 0.375. The summed E-state index contributed by atoms with van der Waals surface area (Å²) in [5, 5.41) is 18.5. The van der Waals surface area contributed by atoms with Crippen molar-refractivity contribution in [1.82, 2.24) is 4.90 Å². The van der Waals surface area contributed by atoms with Crippen molar-refractivity contribution in [3.8, 4) is 12.1 Å². The topological polar surface area (TPSA) is 85.0 Å². The van der Waals surface area contributed by atoms with Crippen LogP contribution in [0.5, 0.6) is 0 Å². The molecule has 1 saturated heterocycles. The van der Waals surface area contributed by atoms with Crippen LogP contribution in [0, 0.1) is 39.9 Å². The molecule has 1 aromatic carbocycles. The van der Waals surface area contributed by atoms with Crippen molar-refractivity contribution in [3.63, 3.8) is 0 Å². The Bertz CT molecular complexity index is 616. The Labute approximate surface area is 123 Å². The van der Waals surface area contributed by atoms with Gasteiger partial charge in [0.2, 0.25) is 11.8 Å². The van der Waals surface area contributed by atoms with E-state index in [1.165, 1.54) is 0 Å². The summed E-state index contributed by atoms with van der Waals surface area (Å²) in [6, 6.07) is 12.9. The van der Waals surface area contributed by atoms with Crippen LogP contribution in [0.15, 0.2) is 30.3 Å². The minimum atomic E-state index is -0.997. The van der Waals surface area contributed by atoms with Crippen LogP contribution in [-0.2, 0) is 16.1 Å². The van der Waals surface area contributed by atoms with Gasteiger partial charge in [0.25, 0.3) is 0 Å². The van der Waals surface area contributed by atoms with Gasteiger partial charge in [0, 0.05) is 5.41 Å². The molecular formula is C16H15N3O2. The first-order chi connectivity index (χ1) is 9.93. The average molecular weight is 281 g/mol. The zero-order chi connectivity index (χ0) is 15.6. The van der Waals surface area contributed by atoms with E-state index in [0.717, 1.165) is 10.5 Å². The number of nitriles is 2. The van der Waals surface area contributed by atoms with E-state index in [2.05, 4.69) is 0 Å². The van der Waals surface area contributed by atoms with Crippen LogP contribution in [0.2, 0.25) is 0 Å². The molecule has 5 nitrogen and oxygen atoms in total. The number of carbonyl (C=O) groups is 2. The highest BCUT2D eigenvalue weighted by molar-refractivity contribution is 6.03. The second-order valence-corrected chi connectivity index (χ2v) is 5.69. The molecule has 1 heterocycles. The Balaban J connectivity index is 2.39. The molecule has 0 N–H and O–H groups in total. The third-order valence-electron chi connectivity index (χ3n) is 3.96. The maximum absolute atomic E-state index is 12.4. The summed E-state index contributed by atoms with van der Waals surface area (Å²) in [5.74, 6) is -3.04. The van der Waals surface area contributed by atoms with Gasteiger partial charge >= 0.3 is 0 Å². The quantitative estimate of drug-likeness (QED) is 0.774. The maximum Gasteiger partial charge on any atom is 0.247 e. The van der Waals surface area contributed by atoms with Crippen molar-refractivity contribution >= 4 is 11.8 Å². The summed E-state index contributed by atoms with van der Waals surface area (Å²) in [6.07, 6.45) is 0. The van der Waals surface area contributed by atoms with Gasteiger partial charge in [0.1, 0.15) is 11.8 Å². The number of hydrogen-bond donors (Lipinski definition) is 0. The molecule has 0 radical (unpaired) electrons. The lowest BCUT2D eigenvalue weighted by Crippen LogP contribution is -2.56. The van der Waals surface area contributed by atoms with Gasteiger partial charge in [-0.2, -0.15) is 10.5 Å². The van der Waals surface area contributed by atoms with Crippen LogP contribution in [0.3, 0.4) is 0 Å². The fourth-order valence-corrected chi connectivity index (χ4v) is 2.59. The molecule has 1 aliphatic heterocycles. The van der Waals surface area contributed by atoms with Crippen molar-refractivity contribution < 1.29 is 9.59 Å². The minimum absolute atomic E-state index is 0.0882.